The van der Waals surface area contributed by atoms with Crippen LogP contribution in [0.5, 0.6) is 0 Å². The number of sulfone groups is 1. The van der Waals surface area contributed by atoms with Gasteiger partial charge in [-0.1, -0.05) is 13.8 Å². The van der Waals surface area contributed by atoms with Gasteiger partial charge in [-0.25, -0.2) is 22.8 Å². The van der Waals surface area contributed by atoms with Crippen molar-refractivity contribution in [3.05, 3.63) is 42.0 Å². The van der Waals surface area contributed by atoms with Gasteiger partial charge in [0.05, 0.1) is 6.04 Å². The van der Waals surface area contributed by atoms with Crippen LogP contribution in [0, 0.1) is 11.7 Å². The second-order valence-electron chi connectivity index (χ2n) is 7.44. The molecule has 8 nitrogen and oxygen atoms in total. The molecule has 10 heteroatoms. The SMILES string of the molecule is CC(C)C1CN(c2ccc(F)c(S(C)(=O)=O)c2)CCN1c1nccc(C(N)=O)n1. The molecule has 1 saturated heterocycles. The summed E-state index contributed by atoms with van der Waals surface area (Å²) >= 11 is 0. The minimum absolute atomic E-state index is 0.00128. The number of hydrogen-bond donors (Lipinski definition) is 1. The summed E-state index contributed by atoms with van der Waals surface area (Å²) in [7, 11) is -3.67. The van der Waals surface area contributed by atoms with Gasteiger partial charge in [0.1, 0.15) is 16.4 Å². The summed E-state index contributed by atoms with van der Waals surface area (Å²) in [6.07, 6.45) is 2.50. The zero-order chi connectivity index (χ0) is 21.3. The molecule has 1 aromatic carbocycles. The molecular weight excluding hydrogens is 397 g/mol. The summed E-state index contributed by atoms with van der Waals surface area (Å²) in [5, 5.41) is 0. The summed E-state index contributed by atoms with van der Waals surface area (Å²) in [6, 6.07) is 5.61. The number of anilines is 2. The van der Waals surface area contributed by atoms with Gasteiger partial charge in [0.2, 0.25) is 5.95 Å². The number of hydrogen-bond acceptors (Lipinski definition) is 7. The van der Waals surface area contributed by atoms with Gasteiger partial charge in [-0.3, -0.25) is 4.79 Å². The Balaban J connectivity index is 1.90. The maximum absolute atomic E-state index is 14.0. The molecule has 0 saturated carbocycles. The van der Waals surface area contributed by atoms with E-state index in [0.29, 0.717) is 31.3 Å². The van der Waals surface area contributed by atoms with Crippen LogP contribution in [0.25, 0.3) is 0 Å². The second kappa shape index (κ2) is 7.94. The first-order valence-electron chi connectivity index (χ1n) is 9.22. The first kappa shape index (κ1) is 21.0. The fraction of sp³-hybridized carbons (Fsp3) is 0.421. The minimum atomic E-state index is -3.67. The molecule has 1 atom stereocenters. The van der Waals surface area contributed by atoms with Gasteiger partial charge in [-0.2, -0.15) is 0 Å². The first-order valence-corrected chi connectivity index (χ1v) is 11.1. The molecule has 1 fully saturated rings. The number of nitrogens with two attached hydrogens (primary N) is 1. The predicted octanol–water partition coefficient (Wildman–Crippen LogP) is 1.47. The molecule has 0 bridgehead atoms. The predicted molar refractivity (Wildman–Crippen MR) is 108 cm³/mol. The zero-order valence-electron chi connectivity index (χ0n) is 16.5. The molecule has 156 valence electrons. The van der Waals surface area contributed by atoms with Crippen molar-refractivity contribution in [2.75, 3.05) is 35.7 Å². The van der Waals surface area contributed by atoms with Gasteiger partial charge in [-0.15, -0.1) is 0 Å². The Morgan fingerprint density at radius 2 is 2.00 bits per heavy atom. The molecule has 1 unspecified atom stereocenters. The van der Waals surface area contributed by atoms with Crippen LogP contribution in [0.15, 0.2) is 35.4 Å². The molecule has 1 aromatic heterocycles. The van der Waals surface area contributed by atoms with E-state index in [4.69, 9.17) is 5.73 Å². The van der Waals surface area contributed by atoms with E-state index in [9.17, 15) is 17.6 Å². The largest absolute Gasteiger partial charge is 0.368 e. The van der Waals surface area contributed by atoms with Crippen molar-refractivity contribution in [3.8, 4) is 0 Å². The maximum atomic E-state index is 14.0. The molecule has 2 heterocycles. The van der Waals surface area contributed by atoms with Crippen LogP contribution < -0.4 is 15.5 Å². The van der Waals surface area contributed by atoms with Crippen LogP contribution in [0.4, 0.5) is 16.0 Å². The third-order valence-electron chi connectivity index (χ3n) is 5.02. The maximum Gasteiger partial charge on any atom is 0.267 e. The lowest BCUT2D eigenvalue weighted by molar-refractivity contribution is 0.0995. The van der Waals surface area contributed by atoms with Crippen molar-refractivity contribution in [1.29, 1.82) is 0 Å². The van der Waals surface area contributed by atoms with Crippen molar-refractivity contribution in [1.82, 2.24) is 9.97 Å². The lowest BCUT2D eigenvalue weighted by Crippen LogP contribution is -2.56. The van der Waals surface area contributed by atoms with Gasteiger partial charge in [0, 0.05) is 37.8 Å². The highest BCUT2D eigenvalue weighted by atomic mass is 32.2. The van der Waals surface area contributed by atoms with Gasteiger partial charge in [0.15, 0.2) is 9.84 Å². The first-order chi connectivity index (χ1) is 13.6. The highest BCUT2D eigenvalue weighted by Gasteiger charge is 2.32. The molecule has 1 amide bonds. The van der Waals surface area contributed by atoms with Crippen molar-refractivity contribution in [2.45, 2.75) is 24.8 Å². The molecule has 2 aromatic rings. The quantitative estimate of drug-likeness (QED) is 0.778. The van der Waals surface area contributed by atoms with Gasteiger partial charge < -0.3 is 15.5 Å². The van der Waals surface area contributed by atoms with Crippen LogP contribution in [0.1, 0.15) is 24.3 Å². The number of carbonyl (C=O) groups excluding carboxylic acids is 1. The summed E-state index contributed by atoms with van der Waals surface area (Å²) in [4.78, 5) is 23.8. The van der Waals surface area contributed by atoms with E-state index >= 15 is 0 Å². The smallest absolute Gasteiger partial charge is 0.267 e. The average molecular weight is 421 g/mol. The third kappa shape index (κ3) is 4.47. The Kier molecular flexibility index (Phi) is 5.74. The molecular formula is C19H24FN5O3S. The lowest BCUT2D eigenvalue weighted by atomic mass is 9.99. The topological polar surface area (TPSA) is 109 Å². The highest BCUT2D eigenvalue weighted by molar-refractivity contribution is 7.90. The highest BCUT2D eigenvalue weighted by Crippen LogP contribution is 2.28. The number of primary amides is 1. The summed E-state index contributed by atoms with van der Waals surface area (Å²) in [5.74, 6) is -0.732. The van der Waals surface area contributed by atoms with E-state index in [0.717, 1.165) is 6.26 Å². The van der Waals surface area contributed by atoms with E-state index in [1.807, 2.05) is 9.80 Å². The van der Waals surface area contributed by atoms with Gasteiger partial charge >= 0.3 is 0 Å². The Hall–Kier alpha value is -2.75. The number of benzene rings is 1. The minimum Gasteiger partial charge on any atom is -0.368 e. The van der Waals surface area contributed by atoms with Crippen LogP contribution in [-0.2, 0) is 9.84 Å². The molecule has 0 radical (unpaired) electrons. The fourth-order valence-electron chi connectivity index (χ4n) is 3.46. The van der Waals surface area contributed by atoms with Crippen LogP contribution in [0.2, 0.25) is 0 Å². The molecule has 2 N–H and O–H groups in total. The summed E-state index contributed by atoms with van der Waals surface area (Å²) in [5.41, 5.74) is 6.12. The van der Waals surface area contributed by atoms with Crippen molar-refractivity contribution in [2.24, 2.45) is 11.7 Å². The number of piperazine rings is 1. The monoisotopic (exact) mass is 421 g/mol. The lowest BCUT2D eigenvalue weighted by Gasteiger charge is -2.44. The molecule has 29 heavy (non-hydrogen) atoms. The molecule has 3 rings (SSSR count). The van der Waals surface area contributed by atoms with Crippen LogP contribution in [0.3, 0.4) is 0 Å². The Morgan fingerprint density at radius 3 is 2.62 bits per heavy atom. The van der Waals surface area contributed by atoms with E-state index in [1.165, 1.54) is 24.4 Å². The van der Waals surface area contributed by atoms with Crippen molar-refractivity contribution in [3.63, 3.8) is 0 Å². The third-order valence-corrected chi connectivity index (χ3v) is 6.13. The Morgan fingerprint density at radius 1 is 1.28 bits per heavy atom. The standard InChI is InChI=1S/C19H24FN5O3S/c1-12(2)16-11-24(13-4-5-14(20)17(10-13)29(3,27)28)8-9-25(16)19-22-7-6-15(23-19)18(21)26/h4-7,10,12,16H,8-9,11H2,1-3H3,(H2,21,26). The Labute approximate surface area is 169 Å². The Bertz CT molecular complexity index is 1030. The molecule has 1 aliphatic rings. The normalized spacial score (nSPS) is 17.6. The number of rotatable bonds is 5. The average Bonchev–Trinajstić information content (AvgIpc) is 2.67. The summed E-state index contributed by atoms with van der Waals surface area (Å²) in [6.45, 7) is 5.80. The summed E-state index contributed by atoms with van der Waals surface area (Å²) < 4.78 is 37.7. The van der Waals surface area contributed by atoms with E-state index in [1.54, 1.807) is 6.07 Å². The number of carbonyl (C=O) groups is 1. The van der Waals surface area contributed by atoms with Crippen molar-refractivity contribution >= 4 is 27.4 Å². The molecule has 0 aliphatic carbocycles. The number of halogens is 1. The van der Waals surface area contributed by atoms with Crippen molar-refractivity contribution < 1.29 is 17.6 Å². The van der Waals surface area contributed by atoms with Gasteiger partial charge in [-0.05, 0) is 30.2 Å². The number of nitrogens with zero attached hydrogens (tertiary/aromatic N) is 4. The van der Waals surface area contributed by atoms with E-state index < -0.39 is 21.6 Å². The van der Waals surface area contributed by atoms with Crippen LogP contribution >= 0.6 is 0 Å². The zero-order valence-corrected chi connectivity index (χ0v) is 17.4. The van der Waals surface area contributed by atoms with E-state index in [2.05, 4.69) is 23.8 Å². The number of amides is 1. The van der Waals surface area contributed by atoms with Gasteiger partial charge in [0.25, 0.3) is 5.91 Å². The number of aromatic nitrogens is 2. The second-order valence-corrected chi connectivity index (χ2v) is 9.43. The van der Waals surface area contributed by atoms with Crippen LogP contribution in [-0.4, -0.2) is 56.2 Å². The molecule has 0 spiro atoms. The van der Waals surface area contributed by atoms with E-state index in [-0.39, 0.29) is 22.5 Å². The fourth-order valence-corrected chi connectivity index (χ4v) is 4.22. The molecule has 1 aliphatic heterocycles.